The second-order valence-corrected chi connectivity index (χ2v) is 3.12. The Kier molecular flexibility index (Phi) is 3.70. The van der Waals surface area contributed by atoms with Crippen LogP contribution in [0.25, 0.3) is 0 Å². The number of ether oxygens (including phenoxy) is 1. The fourth-order valence-corrected chi connectivity index (χ4v) is 1.26. The minimum Gasteiger partial charge on any atom is -0.468 e. The van der Waals surface area contributed by atoms with E-state index < -0.39 is 12.1 Å². The van der Waals surface area contributed by atoms with E-state index in [1.165, 1.54) is 12.0 Å². The second-order valence-electron chi connectivity index (χ2n) is 3.12. The Bertz CT molecular complexity index is 231. The molecular weight excluding hydrogens is 188 g/mol. The number of nitrogens with zero attached hydrogens (tertiary/aromatic N) is 1. The molecule has 2 N–H and O–H groups in total. The summed E-state index contributed by atoms with van der Waals surface area (Å²) in [6.45, 7) is 0.711. The van der Waals surface area contributed by atoms with Crippen LogP contribution in [0, 0.1) is 0 Å². The lowest BCUT2D eigenvalue weighted by Gasteiger charge is -2.15. The zero-order chi connectivity index (χ0) is 10.6. The molecule has 1 aliphatic rings. The molecule has 2 amide bonds. The van der Waals surface area contributed by atoms with Gasteiger partial charge >= 0.3 is 12.0 Å². The van der Waals surface area contributed by atoms with Crippen LogP contribution >= 0.6 is 0 Å². The number of methoxy groups -OCH3 is 1. The summed E-state index contributed by atoms with van der Waals surface area (Å²) in [7, 11) is 1.26. The molecule has 6 heteroatoms. The van der Waals surface area contributed by atoms with Crippen molar-refractivity contribution in [2.75, 3.05) is 26.7 Å². The fraction of sp³-hybridized carbons (Fsp3) is 0.750. The highest BCUT2D eigenvalue weighted by atomic mass is 16.5. The summed E-state index contributed by atoms with van der Waals surface area (Å²) in [5, 5.41) is 11.6. The first-order chi connectivity index (χ1) is 6.63. The lowest BCUT2D eigenvalue weighted by Crippen LogP contribution is -2.41. The van der Waals surface area contributed by atoms with Crippen molar-refractivity contribution in [3.8, 4) is 0 Å². The van der Waals surface area contributed by atoms with Crippen LogP contribution in [-0.4, -0.2) is 54.9 Å². The van der Waals surface area contributed by atoms with Crippen molar-refractivity contribution in [2.24, 2.45) is 0 Å². The number of hydrogen-bond donors (Lipinski definition) is 2. The van der Waals surface area contributed by atoms with Crippen molar-refractivity contribution >= 4 is 12.0 Å². The van der Waals surface area contributed by atoms with E-state index in [9.17, 15) is 9.59 Å². The van der Waals surface area contributed by atoms with Crippen molar-refractivity contribution in [3.63, 3.8) is 0 Å². The van der Waals surface area contributed by atoms with Crippen LogP contribution in [-0.2, 0) is 9.53 Å². The van der Waals surface area contributed by atoms with Crippen LogP contribution < -0.4 is 5.32 Å². The van der Waals surface area contributed by atoms with Crippen LogP contribution in [0.2, 0.25) is 0 Å². The first-order valence-electron chi connectivity index (χ1n) is 4.41. The maximum absolute atomic E-state index is 11.3. The van der Waals surface area contributed by atoms with Crippen LogP contribution in [0.4, 0.5) is 4.79 Å². The van der Waals surface area contributed by atoms with Gasteiger partial charge in [-0.1, -0.05) is 0 Å². The Labute approximate surface area is 81.8 Å². The summed E-state index contributed by atoms with van der Waals surface area (Å²) in [6.07, 6.45) is 0.143. The van der Waals surface area contributed by atoms with E-state index in [1.807, 2.05) is 0 Å². The number of amides is 2. The number of urea groups is 1. The van der Waals surface area contributed by atoms with E-state index in [0.717, 1.165) is 0 Å². The number of esters is 1. The van der Waals surface area contributed by atoms with Crippen molar-refractivity contribution in [3.05, 3.63) is 0 Å². The number of β-amino-alcohol motifs (C(OH)–C–C–N with tert-alkyl or cyclic N) is 1. The third kappa shape index (κ3) is 2.88. The molecular formula is C8H14N2O4. The van der Waals surface area contributed by atoms with Crippen molar-refractivity contribution < 1.29 is 19.4 Å². The molecule has 0 spiro atoms. The molecule has 1 saturated heterocycles. The number of carbonyl (C=O) groups is 2. The highest BCUT2D eigenvalue weighted by Crippen LogP contribution is 2.07. The largest absolute Gasteiger partial charge is 0.468 e. The number of hydrogen-bond acceptors (Lipinski definition) is 4. The Balaban J connectivity index is 2.25. The van der Waals surface area contributed by atoms with Crippen LogP contribution in [0.1, 0.15) is 6.42 Å². The normalized spacial score (nSPS) is 20.7. The summed E-state index contributed by atoms with van der Waals surface area (Å²) >= 11 is 0. The minimum absolute atomic E-state index is 0.137. The summed E-state index contributed by atoms with van der Waals surface area (Å²) < 4.78 is 4.36. The van der Waals surface area contributed by atoms with Gasteiger partial charge in [0, 0.05) is 13.1 Å². The first kappa shape index (κ1) is 10.8. The Morgan fingerprint density at radius 2 is 2.36 bits per heavy atom. The van der Waals surface area contributed by atoms with E-state index >= 15 is 0 Å². The van der Waals surface area contributed by atoms with Gasteiger partial charge in [0.15, 0.2) is 0 Å². The average Bonchev–Trinajstić information content (AvgIpc) is 2.60. The van der Waals surface area contributed by atoms with Gasteiger partial charge in [0.25, 0.3) is 0 Å². The maximum atomic E-state index is 11.3. The molecule has 0 aromatic heterocycles. The van der Waals surface area contributed by atoms with E-state index in [-0.39, 0.29) is 12.6 Å². The Morgan fingerprint density at radius 1 is 1.64 bits per heavy atom. The quantitative estimate of drug-likeness (QED) is 0.559. The van der Waals surface area contributed by atoms with Crippen molar-refractivity contribution in [1.29, 1.82) is 0 Å². The van der Waals surface area contributed by atoms with Gasteiger partial charge in [0.2, 0.25) is 0 Å². The maximum Gasteiger partial charge on any atom is 0.325 e. The van der Waals surface area contributed by atoms with Gasteiger partial charge in [-0.05, 0) is 6.42 Å². The summed E-state index contributed by atoms with van der Waals surface area (Å²) in [4.78, 5) is 23.5. The predicted octanol–water partition coefficient (Wildman–Crippen LogP) is -1.06. The van der Waals surface area contributed by atoms with Gasteiger partial charge in [-0.2, -0.15) is 0 Å². The second kappa shape index (κ2) is 4.80. The standard InChI is InChI=1S/C8H14N2O4/c1-14-7(12)4-9-8(13)10-3-2-6(11)5-10/h6,11H,2-5H2,1H3,(H,9,13). The molecule has 14 heavy (non-hydrogen) atoms. The number of carbonyl (C=O) groups excluding carboxylic acids is 2. The van der Waals surface area contributed by atoms with E-state index in [1.54, 1.807) is 0 Å². The molecule has 0 saturated carbocycles. The molecule has 0 aliphatic carbocycles. The van der Waals surface area contributed by atoms with E-state index in [4.69, 9.17) is 5.11 Å². The summed E-state index contributed by atoms with van der Waals surface area (Å²) in [5.41, 5.74) is 0. The van der Waals surface area contributed by atoms with Gasteiger partial charge in [-0.3, -0.25) is 4.79 Å². The number of aliphatic hydroxyl groups is 1. The van der Waals surface area contributed by atoms with Gasteiger partial charge in [0.1, 0.15) is 6.54 Å². The smallest absolute Gasteiger partial charge is 0.325 e. The van der Waals surface area contributed by atoms with Crippen LogP contribution in [0.3, 0.4) is 0 Å². The number of aliphatic hydroxyl groups excluding tert-OH is 1. The SMILES string of the molecule is COC(=O)CNC(=O)N1CCC(O)C1. The molecule has 6 nitrogen and oxygen atoms in total. The third-order valence-corrected chi connectivity index (χ3v) is 2.06. The van der Waals surface area contributed by atoms with Gasteiger partial charge < -0.3 is 20.1 Å². The van der Waals surface area contributed by atoms with E-state index in [0.29, 0.717) is 19.5 Å². The molecule has 1 aliphatic heterocycles. The van der Waals surface area contributed by atoms with Crippen molar-refractivity contribution in [1.82, 2.24) is 10.2 Å². The molecule has 1 fully saturated rings. The average molecular weight is 202 g/mol. The van der Waals surface area contributed by atoms with Crippen LogP contribution in [0.5, 0.6) is 0 Å². The minimum atomic E-state index is -0.488. The highest BCUT2D eigenvalue weighted by molar-refractivity contribution is 5.80. The number of rotatable bonds is 2. The zero-order valence-electron chi connectivity index (χ0n) is 8.02. The summed E-state index contributed by atoms with van der Waals surface area (Å²) in [6, 6.07) is -0.341. The number of nitrogens with one attached hydrogen (secondary N) is 1. The van der Waals surface area contributed by atoms with Gasteiger partial charge in [0.05, 0.1) is 13.2 Å². The van der Waals surface area contributed by atoms with E-state index in [2.05, 4.69) is 10.1 Å². The molecule has 0 aromatic rings. The van der Waals surface area contributed by atoms with Gasteiger partial charge in [-0.15, -0.1) is 0 Å². The lowest BCUT2D eigenvalue weighted by atomic mass is 10.3. The predicted molar refractivity (Wildman–Crippen MR) is 47.6 cm³/mol. The molecule has 1 heterocycles. The molecule has 1 unspecified atom stereocenters. The molecule has 1 atom stereocenters. The monoisotopic (exact) mass is 202 g/mol. The lowest BCUT2D eigenvalue weighted by molar-refractivity contribution is -0.139. The first-order valence-corrected chi connectivity index (χ1v) is 4.41. The topological polar surface area (TPSA) is 78.9 Å². The van der Waals surface area contributed by atoms with Crippen LogP contribution in [0.15, 0.2) is 0 Å². The highest BCUT2D eigenvalue weighted by Gasteiger charge is 2.24. The molecule has 0 aromatic carbocycles. The molecule has 80 valence electrons. The molecule has 0 bridgehead atoms. The Hall–Kier alpha value is -1.30. The Morgan fingerprint density at radius 3 is 2.86 bits per heavy atom. The summed E-state index contributed by atoms with van der Waals surface area (Å²) in [5.74, 6) is -0.488. The third-order valence-electron chi connectivity index (χ3n) is 2.06. The fourth-order valence-electron chi connectivity index (χ4n) is 1.26. The molecule has 1 rings (SSSR count). The van der Waals surface area contributed by atoms with Crippen molar-refractivity contribution in [2.45, 2.75) is 12.5 Å². The number of likely N-dealkylation sites (tertiary alicyclic amines) is 1. The van der Waals surface area contributed by atoms with Gasteiger partial charge in [-0.25, -0.2) is 4.79 Å². The molecule has 0 radical (unpaired) electrons. The zero-order valence-corrected chi connectivity index (χ0v) is 8.02.